The van der Waals surface area contributed by atoms with Gasteiger partial charge in [0, 0.05) is 0 Å². The molecule has 0 aliphatic carbocycles. The maximum atomic E-state index is 11.2. The molecular weight excluding hydrogens is 230 g/mol. The van der Waals surface area contributed by atoms with Crippen molar-refractivity contribution in [3.8, 4) is 5.75 Å². The molecule has 1 amide bonds. The van der Waals surface area contributed by atoms with Crippen molar-refractivity contribution in [3.05, 3.63) is 65.2 Å². The van der Waals surface area contributed by atoms with E-state index in [-0.39, 0.29) is 11.3 Å². The molecule has 0 fully saturated rings. The van der Waals surface area contributed by atoms with Gasteiger partial charge in [0.25, 0.3) is 5.91 Å². The standard InChI is InChI=1S/C14H13NO3/c16-13-9-11(6-7-12(13)14(17)15-18)8-10-4-2-1-3-5-10/h1-7,9,16,18H,8H2,(H,15,17). The number of carbonyl (C=O) groups is 1. The second kappa shape index (κ2) is 5.33. The summed E-state index contributed by atoms with van der Waals surface area (Å²) < 4.78 is 0. The van der Waals surface area contributed by atoms with Gasteiger partial charge in [-0.1, -0.05) is 36.4 Å². The molecule has 0 heterocycles. The zero-order chi connectivity index (χ0) is 13.0. The van der Waals surface area contributed by atoms with Crippen LogP contribution in [0, 0.1) is 0 Å². The number of hydrogen-bond acceptors (Lipinski definition) is 3. The first-order valence-corrected chi connectivity index (χ1v) is 5.51. The third-order valence-corrected chi connectivity index (χ3v) is 2.66. The second-order valence-corrected chi connectivity index (χ2v) is 3.95. The van der Waals surface area contributed by atoms with Gasteiger partial charge in [-0.3, -0.25) is 10.0 Å². The van der Waals surface area contributed by atoms with Gasteiger partial charge in [-0.2, -0.15) is 0 Å². The molecule has 3 N–H and O–H groups in total. The minimum Gasteiger partial charge on any atom is -0.507 e. The van der Waals surface area contributed by atoms with Crippen molar-refractivity contribution in [2.45, 2.75) is 6.42 Å². The van der Waals surface area contributed by atoms with E-state index in [1.165, 1.54) is 17.6 Å². The molecular formula is C14H13NO3. The van der Waals surface area contributed by atoms with E-state index in [1.807, 2.05) is 30.3 Å². The van der Waals surface area contributed by atoms with Crippen molar-refractivity contribution in [2.75, 3.05) is 0 Å². The van der Waals surface area contributed by atoms with Gasteiger partial charge in [0.1, 0.15) is 5.75 Å². The Morgan fingerprint density at radius 3 is 2.39 bits per heavy atom. The molecule has 0 aromatic heterocycles. The molecule has 2 aromatic carbocycles. The van der Waals surface area contributed by atoms with Crippen LogP contribution in [0.1, 0.15) is 21.5 Å². The van der Waals surface area contributed by atoms with Gasteiger partial charge in [-0.25, -0.2) is 5.48 Å². The van der Waals surface area contributed by atoms with Crippen molar-refractivity contribution in [1.29, 1.82) is 0 Å². The van der Waals surface area contributed by atoms with E-state index in [9.17, 15) is 9.90 Å². The Hall–Kier alpha value is -2.33. The second-order valence-electron chi connectivity index (χ2n) is 3.95. The van der Waals surface area contributed by atoms with Crippen molar-refractivity contribution in [2.24, 2.45) is 0 Å². The van der Waals surface area contributed by atoms with Crippen LogP contribution in [0.25, 0.3) is 0 Å². The average molecular weight is 243 g/mol. The lowest BCUT2D eigenvalue weighted by Gasteiger charge is -2.06. The molecule has 2 rings (SSSR count). The lowest BCUT2D eigenvalue weighted by Crippen LogP contribution is -2.18. The predicted octanol–water partition coefficient (Wildman–Crippen LogP) is 2.10. The van der Waals surface area contributed by atoms with Gasteiger partial charge < -0.3 is 5.11 Å². The molecule has 4 heteroatoms. The highest BCUT2D eigenvalue weighted by atomic mass is 16.5. The maximum Gasteiger partial charge on any atom is 0.278 e. The summed E-state index contributed by atoms with van der Waals surface area (Å²) in [5, 5.41) is 18.2. The fourth-order valence-corrected chi connectivity index (χ4v) is 1.77. The smallest absolute Gasteiger partial charge is 0.278 e. The van der Waals surface area contributed by atoms with Crippen molar-refractivity contribution < 1.29 is 15.1 Å². The molecule has 0 radical (unpaired) electrons. The van der Waals surface area contributed by atoms with E-state index >= 15 is 0 Å². The summed E-state index contributed by atoms with van der Waals surface area (Å²) in [5.41, 5.74) is 3.56. The van der Waals surface area contributed by atoms with Gasteiger partial charge >= 0.3 is 0 Å². The number of aromatic hydroxyl groups is 1. The lowest BCUT2D eigenvalue weighted by molar-refractivity contribution is 0.0703. The van der Waals surface area contributed by atoms with Gasteiger partial charge in [-0.15, -0.1) is 0 Å². The number of phenols is 1. The quantitative estimate of drug-likeness (QED) is 0.571. The van der Waals surface area contributed by atoms with E-state index in [1.54, 1.807) is 6.07 Å². The number of hydroxylamine groups is 1. The first kappa shape index (κ1) is 12.1. The number of amides is 1. The van der Waals surface area contributed by atoms with Gasteiger partial charge in [0.2, 0.25) is 0 Å². The largest absolute Gasteiger partial charge is 0.507 e. The monoisotopic (exact) mass is 243 g/mol. The van der Waals surface area contributed by atoms with Gasteiger partial charge in [0.15, 0.2) is 0 Å². The molecule has 0 bridgehead atoms. The molecule has 0 atom stereocenters. The molecule has 0 aliphatic heterocycles. The van der Waals surface area contributed by atoms with E-state index in [0.29, 0.717) is 6.42 Å². The van der Waals surface area contributed by atoms with Crippen molar-refractivity contribution in [3.63, 3.8) is 0 Å². The topological polar surface area (TPSA) is 69.6 Å². The van der Waals surface area contributed by atoms with Crippen LogP contribution in [0.2, 0.25) is 0 Å². The molecule has 0 saturated heterocycles. The van der Waals surface area contributed by atoms with E-state index in [2.05, 4.69) is 0 Å². The Morgan fingerprint density at radius 2 is 1.78 bits per heavy atom. The molecule has 18 heavy (non-hydrogen) atoms. The van der Waals surface area contributed by atoms with E-state index < -0.39 is 5.91 Å². The summed E-state index contributed by atoms with van der Waals surface area (Å²) in [4.78, 5) is 11.2. The molecule has 2 aromatic rings. The fourth-order valence-electron chi connectivity index (χ4n) is 1.77. The highest BCUT2D eigenvalue weighted by Crippen LogP contribution is 2.20. The predicted molar refractivity (Wildman–Crippen MR) is 66.6 cm³/mol. The minimum absolute atomic E-state index is 0.0503. The summed E-state index contributed by atoms with van der Waals surface area (Å²) in [6.07, 6.45) is 0.676. The third-order valence-electron chi connectivity index (χ3n) is 2.66. The molecule has 0 spiro atoms. The Kier molecular flexibility index (Phi) is 3.60. The highest BCUT2D eigenvalue weighted by molar-refractivity contribution is 5.96. The van der Waals surface area contributed by atoms with Gasteiger partial charge in [0.05, 0.1) is 5.56 Å². The summed E-state index contributed by atoms with van der Waals surface area (Å²) in [6.45, 7) is 0. The van der Waals surface area contributed by atoms with E-state index in [0.717, 1.165) is 11.1 Å². The van der Waals surface area contributed by atoms with Crippen LogP contribution in [-0.2, 0) is 6.42 Å². The summed E-state index contributed by atoms with van der Waals surface area (Å²) in [5.74, 6) is -0.867. The number of carbonyl (C=O) groups excluding carboxylic acids is 1. The summed E-state index contributed by atoms with van der Waals surface area (Å²) in [6, 6.07) is 14.6. The Bertz CT molecular complexity index is 552. The van der Waals surface area contributed by atoms with Crippen LogP contribution in [0.15, 0.2) is 48.5 Å². The number of benzene rings is 2. The lowest BCUT2D eigenvalue weighted by atomic mass is 10.0. The van der Waals surface area contributed by atoms with Crippen LogP contribution in [-0.4, -0.2) is 16.2 Å². The van der Waals surface area contributed by atoms with Crippen LogP contribution in [0.3, 0.4) is 0 Å². The van der Waals surface area contributed by atoms with Crippen molar-refractivity contribution >= 4 is 5.91 Å². The van der Waals surface area contributed by atoms with Gasteiger partial charge in [-0.05, 0) is 29.7 Å². The van der Waals surface area contributed by atoms with Crippen molar-refractivity contribution in [1.82, 2.24) is 5.48 Å². The van der Waals surface area contributed by atoms with Crippen LogP contribution in [0.5, 0.6) is 5.75 Å². The van der Waals surface area contributed by atoms with Crippen LogP contribution >= 0.6 is 0 Å². The van der Waals surface area contributed by atoms with Crippen LogP contribution < -0.4 is 5.48 Å². The Balaban J connectivity index is 2.22. The molecule has 92 valence electrons. The minimum atomic E-state index is -0.723. The summed E-state index contributed by atoms with van der Waals surface area (Å²) in [7, 11) is 0. The Morgan fingerprint density at radius 1 is 1.06 bits per heavy atom. The Labute approximate surface area is 104 Å². The zero-order valence-corrected chi connectivity index (χ0v) is 9.63. The SMILES string of the molecule is O=C(NO)c1ccc(Cc2ccccc2)cc1O. The number of hydrogen-bond donors (Lipinski definition) is 3. The number of nitrogens with one attached hydrogen (secondary N) is 1. The molecule has 4 nitrogen and oxygen atoms in total. The number of phenolic OH excluding ortho intramolecular Hbond substituents is 1. The highest BCUT2D eigenvalue weighted by Gasteiger charge is 2.10. The average Bonchev–Trinajstić information content (AvgIpc) is 2.39. The summed E-state index contributed by atoms with van der Waals surface area (Å²) >= 11 is 0. The molecule has 0 saturated carbocycles. The molecule has 0 unspecified atom stereocenters. The first-order chi connectivity index (χ1) is 8.70. The normalized spacial score (nSPS) is 10.1. The number of rotatable bonds is 3. The van der Waals surface area contributed by atoms with Crippen LogP contribution in [0.4, 0.5) is 0 Å². The maximum absolute atomic E-state index is 11.2. The third kappa shape index (κ3) is 2.67. The molecule has 0 aliphatic rings. The van der Waals surface area contributed by atoms with E-state index in [4.69, 9.17) is 5.21 Å². The first-order valence-electron chi connectivity index (χ1n) is 5.51. The fraction of sp³-hybridized carbons (Fsp3) is 0.0714. The zero-order valence-electron chi connectivity index (χ0n) is 9.63.